The fraction of sp³-hybridized carbons (Fsp3) is 0.750. The Bertz CT molecular complexity index is 502. The molecule has 2 nitrogen and oxygen atoms in total. The van der Waals surface area contributed by atoms with Crippen LogP contribution in [0.5, 0.6) is 0 Å². The second-order valence-electron chi connectivity index (χ2n) is 8.47. The number of ketones is 1. The summed E-state index contributed by atoms with van der Waals surface area (Å²) >= 11 is 0. The molecule has 0 heterocycles. The van der Waals surface area contributed by atoms with Gasteiger partial charge in [-0.2, -0.15) is 0 Å². The lowest BCUT2D eigenvalue weighted by Crippen LogP contribution is -2.51. The summed E-state index contributed by atoms with van der Waals surface area (Å²) in [4.78, 5) is 12.2. The second-order valence-corrected chi connectivity index (χ2v) is 8.47. The predicted octanol–water partition coefficient (Wildman–Crippen LogP) is 4.68. The predicted molar refractivity (Wildman–Crippen MR) is 91.5 cm³/mol. The highest BCUT2D eigenvalue weighted by molar-refractivity contribution is 5.92. The molecule has 0 spiro atoms. The topological polar surface area (TPSA) is 37.3 Å². The highest BCUT2D eigenvalue weighted by atomic mass is 16.3. The van der Waals surface area contributed by atoms with Gasteiger partial charge in [0.1, 0.15) is 0 Å². The third kappa shape index (κ3) is 2.82. The zero-order valence-electron chi connectivity index (χ0n) is 14.9. The smallest absolute Gasteiger partial charge is 0.155 e. The average molecular weight is 304 g/mol. The van der Waals surface area contributed by atoms with Gasteiger partial charge in [0.25, 0.3) is 0 Å². The Labute approximate surface area is 135 Å². The van der Waals surface area contributed by atoms with Gasteiger partial charge < -0.3 is 5.11 Å². The summed E-state index contributed by atoms with van der Waals surface area (Å²) in [6.45, 7) is 14.7. The number of carbonyl (C=O) groups is 1. The van der Waals surface area contributed by atoms with Gasteiger partial charge in [-0.3, -0.25) is 4.79 Å². The summed E-state index contributed by atoms with van der Waals surface area (Å²) in [5, 5.41) is 10.3. The minimum absolute atomic E-state index is 0.0885. The molecular weight excluding hydrogens is 272 g/mol. The number of hydrogen-bond donors (Lipinski definition) is 1. The molecule has 0 aromatic heterocycles. The summed E-state index contributed by atoms with van der Waals surface area (Å²) in [6, 6.07) is 0. The first kappa shape index (κ1) is 17.5. The Morgan fingerprint density at radius 3 is 2.73 bits per heavy atom. The molecule has 0 saturated heterocycles. The van der Waals surface area contributed by atoms with E-state index >= 15 is 0 Å². The molecule has 0 aromatic rings. The molecule has 2 heteroatoms. The van der Waals surface area contributed by atoms with Crippen LogP contribution in [-0.2, 0) is 4.79 Å². The fourth-order valence-electron chi connectivity index (χ4n) is 4.73. The monoisotopic (exact) mass is 304 g/mol. The number of allylic oxidation sites excluding steroid dienone is 2. The Balaban J connectivity index is 2.34. The lowest BCUT2D eigenvalue weighted by Gasteiger charge is -2.58. The highest BCUT2D eigenvalue weighted by Gasteiger charge is 2.54. The van der Waals surface area contributed by atoms with Crippen LogP contribution in [0.2, 0.25) is 0 Å². The van der Waals surface area contributed by atoms with E-state index in [1.165, 1.54) is 18.4 Å². The van der Waals surface area contributed by atoms with E-state index in [1.54, 1.807) is 6.08 Å². The van der Waals surface area contributed by atoms with Crippen LogP contribution >= 0.6 is 0 Å². The molecule has 1 unspecified atom stereocenters. The van der Waals surface area contributed by atoms with E-state index in [1.807, 2.05) is 13.0 Å². The molecule has 0 amide bonds. The minimum atomic E-state index is -0.819. The van der Waals surface area contributed by atoms with Gasteiger partial charge in [-0.1, -0.05) is 32.4 Å². The van der Waals surface area contributed by atoms with E-state index in [4.69, 9.17) is 0 Å². The Morgan fingerprint density at radius 1 is 1.50 bits per heavy atom. The lowest BCUT2D eigenvalue weighted by atomic mass is 9.46. The van der Waals surface area contributed by atoms with Crippen molar-refractivity contribution in [2.45, 2.75) is 72.3 Å². The number of hydrogen-bond acceptors (Lipinski definition) is 2. The standard InChI is InChI=1S/C20H32O2/c1-7-18(4,22)10-11-20(6)14(2)8-9-19(5)15(3)12-16(21)13-17(19)20/h7,12,14,17,22H,1,8-11,13H2,2-6H3/t14?,17-,18+,19+,20+/m1/s1. The molecule has 124 valence electrons. The molecule has 1 fully saturated rings. The molecule has 0 aliphatic heterocycles. The Morgan fingerprint density at radius 2 is 2.14 bits per heavy atom. The summed E-state index contributed by atoms with van der Waals surface area (Å²) in [7, 11) is 0. The van der Waals surface area contributed by atoms with Crippen LogP contribution in [0.25, 0.3) is 0 Å². The Hall–Kier alpha value is -0.890. The summed E-state index contributed by atoms with van der Waals surface area (Å²) < 4.78 is 0. The first-order valence-electron chi connectivity index (χ1n) is 8.63. The summed E-state index contributed by atoms with van der Waals surface area (Å²) in [5.74, 6) is 1.22. The van der Waals surface area contributed by atoms with Gasteiger partial charge in [-0.05, 0) is 68.3 Å². The number of fused-ring (bicyclic) bond motifs is 1. The third-order valence-electron chi connectivity index (χ3n) is 7.08. The van der Waals surface area contributed by atoms with Crippen LogP contribution in [-0.4, -0.2) is 16.5 Å². The van der Waals surface area contributed by atoms with Gasteiger partial charge in [-0.15, -0.1) is 6.58 Å². The van der Waals surface area contributed by atoms with Crippen LogP contribution in [0, 0.1) is 22.7 Å². The first-order chi connectivity index (χ1) is 10.0. The maximum Gasteiger partial charge on any atom is 0.155 e. The number of rotatable bonds is 4. The SMILES string of the molecule is C=C[C@](C)(O)CC[C@@]1(C)C(C)CC[C@@]2(C)C(C)=CC(=O)C[C@H]21. The van der Waals surface area contributed by atoms with Crippen molar-refractivity contribution in [3.05, 3.63) is 24.3 Å². The van der Waals surface area contributed by atoms with Crippen LogP contribution in [0.1, 0.15) is 66.7 Å². The fourth-order valence-corrected chi connectivity index (χ4v) is 4.73. The van der Waals surface area contributed by atoms with E-state index < -0.39 is 5.60 Å². The van der Waals surface area contributed by atoms with E-state index in [0.29, 0.717) is 24.7 Å². The van der Waals surface area contributed by atoms with Gasteiger partial charge in [0, 0.05) is 6.42 Å². The molecule has 2 aliphatic rings. The van der Waals surface area contributed by atoms with Crippen molar-refractivity contribution in [3.8, 4) is 0 Å². The molecule has 0 bridgehead atoms. The normalized spacial score (nSPS) is 41.4. The van der Waals surface area contributed by atoms with Crippen molar-refractivity contribution in [2.24, 2.45) is 22.7 Å². The van der Waals surface area contributed by atoms with Crippen LogP contribution < -0.4 is 0 Å². The number of aliphatic hydroxyl groups is 1. The maximum absolute atomic E-state index is 12.2. The zero-order chi connectivity index (χ0) is 16.8. The molecule has 5 atom stereocenters. The van der Waals surface area contributed by atoms with Crippen molar-refractivity contribution in [2.75, 3.05) is 0 Å². The quantitative estimate of drug-likeness (QED) is 0.766. The van der Waals surface area contributed by atoms with Crippen molar-refractivity contribution < 1.29 is 9.90 Å². The van der Waals surface area contributed by atoms with Crippen molar-refractivity contribution in [1.82, 2.24) is 0 Å². The molecule has 0 radical (unpaired) electrons. The van der Waals surface area contributed by atoms with E-state index in [2.05, 4.69) is 34.3 Å². The molecule has 2 aliphatic carbocycles. The maximum atomic E-state index is 12.2. The summed E-state index contributed by atoms with van der Waals surface area (Å²) in [6.07, 6.45) is 8.17. The van der Waals surface area contributed by atoms with Gasteiger partial charge in [0.05, 0.1) is 5.60 Å². The van der Waals surface area contributed by atoms with E-state index in [9.17, 15) is 9.90 Å². The zero-order valence-corrected chi connectivity index (χ0v) is 14.9. The average Bonchev–Trinajstić information content (AvgIpc) is 2.45. The van der Waals surface area contributed by atoms with Gasteiger partial charge in [0.2, 0.25) is 0 Å². The van der Waals surface area contributed by atoms with Gasteiger partial charge in [0.15, 0.2) is 5.78 Å². The lowest BCUT2D eigenvalue weighted by molar-refractivity contribution is -0.124. The molecule has 2 rings (SSSR count). The molecule has 0 aromatic carbocycles. The van der Waals surface area contributed by atoms with Gasteiger partial charge in [-0.25, -0.2) is 0 Å². The molecule has 22 heavy (non-hydrogen) atoms. The van der Waals surface area contributed by atoms with Crippen LogP contribution in [0.15, 0.2) is 24.3 Å². The van der Waals surface area contributed by atoms with Gasteiger partial charge >= 0.3 is 0 Å². The number of carbonyl (C=O) groups excluding carboxylic acids is 1. The van der Waals surface area contributed by atoms with Crippen LogP contribution in [0.4, 0.5) is 0 Å². The highest BCUT2D eigenvalue weighted by Crippen LogP contribution is 2.61. The van der Waals surface area contributed by atoms with Crippen molar-refractivity contribution in [3.63, 3.8) is 0 Å². The second kappa shape index (κ2) is 5.63. The third-order valence-corrected chi connectivity index (χ3v) is 7.08. The van der Waals surface area contributed by atoms with Crippen LogP contribution in [0.3, 0.4) is 0 Å². The molecular formula is C20H32O2. The first-order valence-corrected chi connectivity index (χ1v) is 8.63. The Kier molecular flexibility index (Phi) is 4.47. The van der Waals surface area contributed by atoms with Crippen molar-refractivity contribution >= 4 is 5.78 Å². The van der Waals surface area contributed by atoms with E-state index in [-0.39, 0.29) is 16.6 Å². The molecule has 1 saturated carbocycles. The largest absolute Gasteiger partial charge is 0.386 e. The molecule has 1 N–H and O–H groups in total. The van der Waals surface area contributed by atoms with E-state index in [0.717, 1.165) is 6.42 Å². The minimum Gasteiger partial charge on any atom is -0.386 e. The summed E-state index contributed by atoms with van der Waals surface area (Å²) in [5.41, 5.74) is 0.655. The van der Waals surface area contributed by atoms with Crippen molar-refractivity contribution in [1.29, 1.82) is 0 Å².